The van der Waals surface area contributed by atoms with Gasteiger partial charge in [0.05, 0.1) is 5.56 Å². The first-order chi connectivity index (χ1) is 9.01. The van der Waals surface area contributed by atoms with Crippen molar-refractivity contribution in [1.29, 1.82) is 0 Å². The molecule has 0 saturated heterocycles. The van der Waals surface area contributed by atoms with Gasteiger partial charge in [-0.25, -0.2) is 8.78 Å². The number of carbonyl (C=O) groups excluding carboxylic acids is 1. The number of fused-ring (bicyclic) bond motifs is 1. The summed E-state index contributed by atoms with van der Waals surface area (Å²) < 4.78 is 26.6. The fourth-order valence-corrected chi connectivity index (χ4v) is 1.70. The van der Waals surface area contributed by atoms with Crippen molar-refractivity contribution in [3.8, 4) is 0 Å². The number of nitrogens with one attached hydrogen (secondary N) is 1. The summed E-state index contributed by atoms with van der Waals surface area (Å²) in [6.45, 7) is 3.83. The van der Waals surface area contributed by atoms with Crippen molar-refractivity contribution in [2.45, 2.75) is 26.3 Å². The summed E-state index contributed by atoms with van der Waals surface area (Å²) >= 11 is 0. The van der Waals surface area contributed by atoms with Crippen LogP contribution in [-0.4, -0.2) is 16.9 Å². The predicted octanol–water partition coefficient (Wildman–Crippen LogP) is 3.04. The fraction of sp³-hybridized carbons (Fsp3) is 0.286. The maximum atomic E-state index is 13.4. The Morgan fingerprint density at radius 2 is 2.11 bits per heavy atom. The van der Waals surface area contributed by atoms with Crippen molar-refractivity contribution >= 4 is 16.8 Å². The molecule has 1 aromatic heterocycles. The van der Waals surface area contributed by atoms with Gasteiger partial charge in [0, 0.05) is 23.7 Å². The van der Waals surface area contributed by atoms with E-state index in [0.717, 1.165) is 18.6 Å². The lowest BCUT2D eigenvalue weighted by Crippen LogP contribution is -2.31. The van der Waals surface area contributed by atoms with E-state index < -0.39 is 11.6 Å². The minimum atomic E-state index is -0.733. The van der Waals surface area contributed by atoms with Gasteiger partial charge in [0.2, 0.25) is 0 Å². The zero-order valence-corrected chi connectivity index (χ0v) is 10.7. The lowest BCUT2D eigenvalue weighted by molar-refractivity contribution is 0.0939. The molecule has 0 bridgehead atoms. The van der Waals surface area contributed by atoms with E-state index in [9.17, 15) is 13.6 Å². The van der Waals surface area contributed by atoms with E-state index in [-0.39, 0.29) is 28.4 Å². The Morgan fingerprint density at radius 1 is 1.37 bits per heavy atom. The van der Waals surface area contributed by atoms with E-state index in [1.165, 1.54) is 12.3 Å². The standard InChI is InChI=1S/C14H14F2N2O/c1-3-8(2)18-14(19)10-4-9-5-11(15)6-12(16)13(9)17-7-10/h4-8H,3H2,1-2H3,(H,18,19). The van der Waals surface area contributed by atoms with Crippen molar-refractivity contribution in [2.75, 3.05) is 0 Å². The summed E-state index contributed by atoms with van der Waals surface area (Å²) in [7, 11) is 0. The van der Waals surface area contributed by atoms with Crippen LogP contribution in [0.2, 0.25) is 0 Å². The molecule has 1 unspecified atom stereocenters. The Morgan fingerprint density at radius 3 is 2.79 bits per heavy atom. The maximum absolute atomic E-state index is 13.4. The van der Waals surface area contributed by atoms with Crippen LogP contribution in [-0.2, 0) is 0 Å². The Bertz CT molecular complexity index is 628. The molecule has 3 nitrogen and oxygen atoms in total. The molecule has 5 heteroatoms. The number of aromatic nitrogens is 1. The molecule has 1 aromatic carbocycles. The summed E-state index contributed by atoms with van der Waals surface area (Å²) in [4.78, 5) is 15.8. The highest BCUT2D eigenvalue weighted by Gasteiger charge is 2.12. The monoisotopic (exact) mass is 264 g/mol. The van der Waals surface area contributed by atoms with E-state index >= 15 is 0 Å². The van der Waals surface area contributed by atoms with Crippen molar-refractivity contribution < 1.29 is 13.6 Å². The molecule has 0 saturated carbocycles. The van der Waals surface area contributed by atoms with Crippen LogP contribution in [0.15, 0.2) is 24.4 Å². The van der Waals surface area contributed by atoms with Gasteiger partial charge in [0.15, 0.2) is 5.82 Å². The molecule has 0 spiro atoms. The third-order valence-electron chi connectivity index (χ3n) is 2.95. The van der Waals surface area contributed by atoms with Crippen molar-refractivity contribution in [3.05, 3.63) is 41.6 Å². The first-order valence-corrected chi connectivity index (χ1v) is 6.07. The Balaban J connectivity index is 2.38. The molecule has 1 N–H and O–H groups in total. The van der Waals surface area contributed by atoms with Gasteiger partial charge in [-0.15, -0.1) is 0 Å². The minimum Gasteiger partial charge on any atom is -0.350 e. The molecule has 0 radical (unpaired) electrons. The number of rotatable bonds is 3. The van der Waals surface area contributed by atoms with Crippen LogP contribution in [0.5, 0.6) is 0 Å². The summed E-state index contributed by atoms with van der Waals surface area (Å²) in [5, 5.41) is 3.05. The molecule has 0 fully saturated rings. The molecule has 1 heterocycles. The Hall–Kier alpha value is -2.04. The van der Waals surface area contributed by atoms with E-state index in [2.05, 4.69) is 10.3 Å². The maximum Gasteiger partial charge on any atom is 0.253 e. The van der Waals surface area contributed by atoms with E-state index in [0.29, 0.717) is 0 Å². The van der Waals surface area contributed by atoms with Crippen LogP contribution in [0.4, 0.5) is 8.78 Å². The summed E-state index contributed by atoms with van der Waals surface area (Å²) in [6, 6.07) is 3.40. The normalized spacial score (nSPS) is 12.4. The number of benzene rings is 1. The van der Waals surface area contributed by atoms with Crippen LogP contribution in [0.25, 0.3) is 10.9 Å². The number of amides is 1. The first-order valence-electron chi connectivity index (χ1n) is 6.07. The fourth-order valence-electron chi connectivity index (χ4n) is 1.70. The number of nitrogens with zero attached hydrogens (tertiary/aromatic N) is 1. The average molecular weight is 264 g/mol. The van der Waals surface area contributed by atoms with Crippen molar-refractivity contribution in [3.63, 3.8) is 0 Å². The summed E-state index contributed by atoms with van der Waals surface area (Å²) in [5.74, 6) is -1.72. The average Bonchev–Trinajstić information content (AvgIpc) is 2.37. The van der Waals surface area contributed by atoms with Gasteiger partial charge < -0.3 is 5.32 Å². The lowest BCUT2D eigenvalue weighted by Gasteiger charge is -2.11. The van der Waals surface area contributed by atoms with Gasteiger partial charge in [-0.2, -0.15) is 0 Å². The van der Waals surface area contributed by atoms with E-state index in [1.807, 2.05) is 13.8 Å². The molecular weight excluding hydrogens is 250 g/mol. The quantitative estimate of drug-likeness (QED) is 0.925. The van der Waals surface area contributed by atoms with Crippen molar-refractivity contribution in [1.82, 2.24) is 10.3 Å². The predicted molar refractivity (Wildman–Crippen MR) is 68.9 cm³/mol. The van der Waals surface area contributed by atoms with E-state index in [1.54, 1.807) is 0 Å². The number of pyridine rings is 1. The van der Waals surface area contributed by atoms with Gasteiger partial charge >= 0.3 is 0 Å². The first kappa shape index (κ1) is 13.4. The molecule has 2 rings (SSSR count). The van der Waals surface area contributed by atoms with Crippen molar-refractivity contribution in [2.24, 2.45) is 0 Å². The summed E-state index contributed by atoms with van der Waals surface area (Å²) in [5.41, 5.74) is 0.347. The number of halogens is 2. The number of hydrogen-bond acceptors (Lipinski definition) is 2. The molecule has 2 aromatic rings. The molecule has 0 aliphatic rings. The van der Waals surface area contributed by atoms with Gasteiger partial charge in [0.1, 0.15) is 11.3 Å². The highest BCUT2D eigenvalue weighted by atomic mass is 19.1. The second kappa shape index (κ2) is 5.30. The third-order valence-corrected chi connectivity index (χ3v) is 2.95. The lowest BCUT2D eigenvalue weighted by atomic mass is 10.1. The molecule has 19 heavy (non-hydrogen) atoms. The third kappa shape index (κ3) is 2.86. The molecule has 1 atom stereocenters. The highest BCUT2D eigenvalue weighted by Crippen LogP contribution is 2.18. The number of hydrogen-bond donors (Lipinski definition) is 1. The zero-order valence-electron chi connectivity index (χ0n) is 10.7. The van der Waals surface area contributed by atoms with Crippen LogP contribution >= 0.6 is 0 Å². The van der Waals surface area contributed by atoms with Crippen LogP contribution in [0.3, 0.4) is 0 Å². The number of carbonyl (C=O) groups is 1. The topological polar surface area (TPSA) is 42.0 Å². The van der Waals surface area contributed by atoms with Crippen LogP contribution in [0.1, 0.15) is 30.6 Å². The summed E-state index contributed by atoms with van der Waals surface area (Å²) in [6.07, 6.45) is 2.09. The van der Waals surface area contributed by atoms with Crippen LogP contribution in [0, 0.1) is 11.6 Å². The zero-order chi connectivity index (χ0) is 14.0. The second-order valence-corrected chi connectivity index (χ2v) is 4.47. The van der Waals surface area contributed by atoms with Gasteiger partial charge in [-0.05, 0) is 25.5 Å². The SMILES string of the molecule is CCC(C)NC(=O)c1cnc2c(F)cc(F)cc2c1. The minimum absolute atomic E-state index is 0.0347. The van der Waals surface area contributed by atoms with Gasteiger partial charge in [0.25, 0.3) is 5.91 Å². The molecule has 0 aliphatic heterocycles. The smallest absolute Gasteiger partial charge is 0.253 e. The van der Waals surface area contributed by atoms with Crippen LogP contribution < -0.4 is 5.32 Å². The van der Waals surface area contributed by atoms with E-state index in [4.69, 9.17) is 0 Å². The second-order valence-electron chi connectivity index (χ2n) is 4.47. The molecule has 1 amide bonds. The highest BCUT2D eigenvalue weighted by molar-refractivity contribution is 5.97. The molecule has 100 valence electrons. The Kier molecular flexibility index (Phi) is 3.74. The molecular formula is C14H14F2N2O. The largest absolute Gasteiger partial charge is 0.350 e. The van der Waals surface area contributed by atoms with Gasteiger partial charge in [-0.3, -0.25) is 9.78 Å². The van der Waals surface area contributed by atoms with Gasteiger partial charge in [-0.1, -0.05) is 6.92 Å². The molecule has 0 aliphatic carbocycles. The Labute approximate surface area is 109 Å².